The summed E-state index contributed by atoms with van der Waals surface area (Å²) in [7, 11) is 0. The maximum absolute atomic E-state index is 12.8. The van der Waals surface area contributed by atoms with Gasteiger partial charge in [-0.2, -0.15) is 0 Å². The van der Waals surface area contributed by atoms with Crippen molar-refractivity contribution in [1.82, 2.24) is 9.88 Å². The van der Waals surface area contributed by atoms with E-state index in [0.717, 1.165) is 16.9 Å². The van der Waals surface area contributed by atoms with Crippen molar-refractivity contribution in [1.29, 1.82) is 0 Å². The zero-order valence-electron chi connectivity index (χ0n) is 14.9. The molecule has 0 spiro atoms. The molecule has 0 bridgehead atoms. The first-order valence-corrected chi connectivity index (χ1v) is 10.0. The van der Waals surface area contributed by atoms with Crippen LogP contribution in [0.5, 0.6) is 5.75 Å². The van der Waals surface area contributed by atoms with E-state index in [1.54, 1.807) is 4.90 Å². The van der Waals surface area contributed by atoms with Crippen LogP contribution in [0.25, 0.3) is 0 Å². The fourth-order valence-corrected chi connectivity index (χ4v) is 3.92. The summed E-state index contributed by atoms with van der Waals surface area (Å²) in [6.45, 7) is 5.12. The van der Waals surface area contributed by atoms with Crippen LogP contribution in [0.2, 0.25) is 20.2 Å². The minimum absolute atomic E-state index is 0.0185. The maximum Gasteiger partial charge on any atom is 0.274 e. The van der Waals surface area contributed by atoms with Crippen LogP contribution in [0.15, 0.2) is 18.2 Å². The van der Waals surface area contributed by atoms with Crippen LogP contribution >= 0.6 is 46.4 Å². The Balaban J connectivity index is 1.68. The molecule has 0 N–H and O–H groups in total. The number of rotatable bonds is 3. The van der Waals surface area contributed by atoms with Gasteiger partial charge < -0.3 is 9.64 Å². The van der Waals surface area contributed by atoms with E-state index in [-0.39, 0.29) is 37.9 Å². The molecule has 0 radical (unpaired) electrons. The number of halogens is 4. The second-order valence-corrected chi connectivity index (χ2v) is 8.02. The Labute approximate surface area is 178 Å². The molecule has 0 unspecified atom stereocenters. The first-order valence-electron chi connectivity index (χ1n) is 8.51. The Bertz CT molecular complexity index is 860. The second-order valence-electron chi connectivity index (χ2n) is 6.52. The third-order valence-corrected chi connectivity index (χ3v) is 6.29. The summed E-state index contributed by atoms with van der Waals surface area (Å²) in [5, 5.41) is 0.0585. The van der Waals surface area contributed by atoms with E-state index in [1.807, 2.05) is 32.0 Å². The molecule has 4 nitrogen and oxygen atoms in total. The number of para-hydroxylation sites is 1. The van der Waals surface area contributed by atoms with Gasteiger partial charge >= 0.3 is 0 Å². The highest BCUT2D eigenvalue weighted by Gasteiger charge is 2.29. The van der Waals surface area contributed by atoms with Gasteiger partial charge in [0.15, 0.2) is 0 Å². The highest BCUT2D eigenvalue weighted by atomic mass is 35.5. The van der Waals surface area contributed by atoms with Crippen molar-refractivity contribution in [3.8, 4) is 5.75 Å². The van der Waals surface area contributed by atoms with Crippen molar-refractivity contribution in [2.45, 2.75) is 32.8 Å². The molecular weight excluding hydrogens is 430 g/mol. The van der Waals surface area contributed by atoms with Gasteiger partial charge in [-0.3, -0.25) is 4.79 Å². The van der Waals surface area contributed by atoms with Crippen LogP contribution < -0.4 is 4.74 Å². The van der Waals surface area contributed by atoms with Crippen LogP contribution in [0.4, 0.5) is 0 Å². The van der Waals surface area contributed by atoms with Crippen LogP contribution in [-0.4, -0.2) is 35.0 Å². The highest BCUT2D eigenvalue weighted by molar-refractivity contribution is 6.52. The van der Waals surface area contributed by atoms with E-state index in [1.165, 1.54) is 0 Å². The monoisotopic (exact) mass is 446 g/mol. The summed E-state index contributed by atoms with van der Waals surface area (Å²) >= 11 is 24.0. The zero-order valence-corrected chi connectivity index (χ0v) is 17.9. The normalized spacial score (nSPS) is 15.1. The van der Waals surface area contributed by atoms with Crippen LogP contribution in [0.1, 0.15) is 34.5 Å². The number of aromatic nitrogens is 1. The van der Waals surface area contributed by atoms with Crippen molar-refractivity contribution < 1.29 is 9.53 Å². The molecule has 2 aromatic rings. The number of likely N-dealkylation sites (tertiary alicyclic amines) is 1. The van der Waals surface area contributed by atoms with Gasteiger partial charge in [0.25, 0.3) is 5.91 Å². The lowest BCUT2D eigenvalue weighted by Crippen LogP contribution is -2.42. The standard InChI is InChI=1S/C19H18Cl4N2O2/c1-10-4-3-5-11(2)17(10)27-12-6-8-25(9-7-12)19(26)16-14(21)13(20)15(22)18(23)24-16/h3-5,12H,6-9H2,1-2H3. The number of ether oxygens (including phenoxy) is 1. The van der Waals surface area contributed by atoms with E-state index in [9.17, 15) is 4.79 Å². The number of hydrogen-bond acceptors (Lipinski definition) is 3. The SMILES string of the molecule is Cc1cccc(C)c1OC1CCN(C(=O)c2nc(Cl)c(Cl)c(Cl)c2Cl)CC1. The third-order valence-electron chi connectivity index (χ3n) is 4.61. The Morgan fingerprint density at radius 2 is 1.63 bits per heavy atom. The number of carbonyl (C=O) groups excluding carboxylic acids is 1. The van der Waals surface area contributed by atoms with Crippen LogP contribution in [0, 0.1) is 13.8 Å². The van der Waals surface area contributed by atoms with Crippen LogP contribution in [0.3, 0.4) is 0 Å². The Kier molecular flexibility index (Phi) is 6.42. The van der Waals surface area contributed by atoms with Gasteiger partial charge in [-0.05, 0) is 25.0 Å². The maximum atomic E-state index is 12.8. The Morgan fingerprint density at radius 1 is 1.04 bits per heavy atom. The zero-order chi connectivity index (χ0) is 19.7. The molecule has 0 atom stereocenters. The number of aryl methyl sites for hydroxylation is 2. The van der Waals surface area contributed by atoms with E-state index in [4.69, 9.17) is 51.1 Å². The number of piperidine rings is 1. The van der Waals surface area contributed by atoms with Crippen molar-refractivity contribution in [2.75, 3.05) is 13.1 Å². The molecule has 0 aliphatic carbocycles. The molecule has 2 heterocycles. The van der Waals surface area contributed by atoms with Gasteiger partial charge in [0.05, 0.1) is 15.1 Å². The molecule has 1 fully saturated rings. The van der Waals surface area contributed by atoms with E-state index < -0.39 is 0 Å². The molecule has 8 heteroatoms. The first kappa shape index (κ1) is 20.5. The molecule has 1 amide bonds. The van der Waals surface area contributed by atoms with Gasteiger partial charge in [0.2, 0.25) is 0 Å². The average molecular weight is 448 g/mol. The van der Waals surface area contributed by atoms with E-state index in [0.29, 0.717) is 25.9 Å². The molecule has 0 saturated carbocycles. The lowest BCUT2D eigenvalue weighted by molar-refractivity contribution is 0.0588. The fraction of sp³-hybridized carbons (Fsp3) is 0.368. The Hall–Kier alpha value is -1.20. The van der Waals surface area contributed by atoms with Gasteiger partial charge in [0, 0.05) is 25.9 Å². The quantitative estimate of drug-likeness (QED) is 0.542. The number of hydrogen-bond donors (Lipinski definition) is 0. The molecule has 144 valence electrons. The van der Waals surface area contributed by atoms with Crippen molar-refractivity contribution in [2.24, 2.45) is 0 Å². The number of nitrogens with zero attached hydrogens (tertiary/aromatic N) is 2. The molecule has 1 aromatic heterocycles. The van der Waals surface area contributed by atoms with Gasteiger partial charge in [-0.25, -0.2) is 4.98 Å². The predicted molar refractivity (Wildman–Crippen MR) is 110 cm³/mol. The highest BCUT2D eigenvalue weighted by Crippen LogP contribution is 2.36. The van der Waals surface area contributed by atoms with E-state index >= 15 is 0 Å². The number of carbonyl (C=O) groups is 1. The van der Waals surface area contributed by atoms with Crippen molar-refractivity contribution >= 4 is 52.3 Å². The van der Waals surface area contributed by atoms with Crippen molar-refractivity contribution in [3.05, 3.63) is 55.2 Å². The molecule has 1 aliphatic rings. The predicted octanol–water partition coefficient (Wildman–Crippen LogP) is 6.00. The summed E-state index contributed by atoms with van der Waals surface area (Å²) in [5.74, 6) is 0.606. The molecule has 1 saturated heterocycles. The second kappa shape index (κ2) is 8.44. The summed E-state index contributed by atoms with van der Waals surface area (Å²) in [6, 6.07) is 6.07. The minimum Gasteiger partial charge on any atom is -0.490 e. The first-order chi connectivity index (χ1) is 12.8. The van der Waals surface area contributed by atoms with E-state index in [2.05, 4.69) is 4.98 Å². The molecule has 3 rings (SSSR count). The van der Waals surface area contributed by atoms with Crippen molar-refractivity contribution in [3.63, 3.8) is 0 Å². The number of amides is 1. The van der Waals surface area contributed by atoms with Gasteiger partial charge in [-0.1, -0.05) is 64.6 Å². The summed E-state index contributed by atoms with van der Waals surface area (Å²) in [4.78, 5) is 18.5. The summed E-state index contributed by atoms with van der Waals surface area (Å²) in [5.41, 5.74) is 2.23. The van der Waals surface area contributed by atoms with Crippen LogP contribution in [-0.2, 0) is 0 Å². The minimum atomic E-state index is -0.314. The lowest BCUT2D eigenvalue weighted by atomic mass is 10.1. The smallest absolute Gasteiger partial charge is 0.274 e. The number of benzene rings is 1. The van der Waals surface area contributed by atoms with Gasteiger partial charge in [0.1, 0.15) is 22.7 Å². The number of pyridine rings is 1. The molecule has 1 aliphatic heterocycles. The van der Waals surface area contributed by atoms with Gasteiger partial charge in [-0.15, -0.1) is 0 Å². The average Bonchev–Trinajstić information content (AvgIpc) is 2.66. The Morgan fingerprint density at radius 3 is 2.22 bits per heavy atom. The molecular formula is C19H18Cl4N2O2. The molecule has 27 heavy (non-hydrogen) atoms. The largest absolute Gasteiger partial charge is 0.490 e. The lowest BCUT2D eigenvalue weighted by Gasteiger charge is -2.32. The topological polar surface area (TPSA) is 42.4 Å². The summed E-state index contributed by atoms with van der Waals surface area (Å²) in [6.07, 6.45) is 1.48. The molecule has 1 aromatic carbocycles. The third kappa shape index (κ3) is 4.29. The summed E-state index contributed by atoms with van der Waals surface area (Å²) < 4.78 is 6.19. The fourth-order valence-electron chi connectivity index (χ4n) is 3.11.